The lowest BCUT2D eigenvalue weighted by Gasteiger charge is -2.01. The molecule has 0 aromatic carbocycles. The van der Waals surface area contributed by atoms with Gasteiger partial charge in [-0.15, -0.1) is 0 Å². The van der Waals surface area contributed by atoms with Crippen LogP contribution in [0, 0.1) is 5.41 Å². The van der Waals surface area contributed by atoms with E-state index >= 15 is 0 Å². The summed E-state index contributed by atoms with van der Waals surface area (Å²) < 4.78 is 5.03. The van der Waals surface area contributed by atoms with Crippen molar-refractivity contribution in [2.45, 2.75) is 40.5 Å². The SMILES string of the molecule is CC(=N)OC/C=C(\C)CCC=C(C)C. The van der Waals surface area contributed by atoms with Crippen molar-refractivity contribution in [3.63, 3.8) is 0 Å². The molecule has 2 heteroatoms. The Morgan fingerprint density at radius 3 is 2.29 bits per heavy atom. The molecule has 0 spiro atoms. The molecule has 80 valence electrons. The molecule has 0 saturated heterocycles. The molecule has 2 nitrogen and oxygen atoms in total. The Labute approximate surface area is 87.2 Å². The Hall–Kier alpha value is -1.05. The summed E-state index contributed by atoms with van der Waals surface area (Å²) in [5.74, 6) is 0.276. The maximum absolute atomic E-state index is 7.07. The zero-order valence-corrected chi connectivity index (χ0v) is 9.68. The smallest absolute Gasteiger partial charge is 0.177 e. The molecule has 0 rings (SSSR count). The van der Waals surface area contributed by atoms with Crippen molar-refractivity contribution in [3.8, 4) is 0 Å². The van der Waals surface area contributed by atoms with Crippen LogP contribution in [0.3, 0.4) is 0 Å². The molecule has 0 fully saturated rings. The minimum atomic E-state index is 0.276. The van der Waals surface area contributed by atoms with E-state index in [4.69, 9.17) is 10.1 Å². The van der Waals surface area contributed by atoms with Crippen LogP contribution in [0.25, 0.3) is 0 Å². The van der Waals surface area contributed by atoms with Crippen molar-refractivity contribution in [1.82, 2.24) is 0 Å². The van der Waals surface area contributed by atoms with Crippen LogP contribution in [-0.4, -0.2) is 12.5 Å². The number of rotatable bonds is 5. The van der Waals surface area contributed by atoms with Crippen molar-refractivity contribution in [1.29, 1.82) is 5.41 Å². The third-order valence-electron chi connectivity index (χ3n) is 1.82. The largest absolute Gasteiger partial charge is 0.477 e. The first-order valence-corrected chi connectivity index (χ1v) is 4.99. The predicted molar refractivity (Wildman–Crippen MR) is 61.8 cm³/mol. The lowest BCUT2D eigenvalue weighted by atomic mass is 10.1. The molecule has 0 saturated carbocycles. The normalized spacial score (nSPS) is 11.0. The van der Waals surface area contributed by atoms with Crippen LogP contribution in [0.2, 0.25) is 0 Å². The fourth-order valence-electron chi connectivity index (χ4n) is 1.000. The standard InChI is InChI=1S/C12H21NO/c1-10(2)6-5-7-11(3)8-9-14-12(4)13/h6,8,13H,5,7,9H2,1-4H3/b11-8+,13-12?. The number of hydrogen-bond donors (Lipinski definition) is 1. The Balaban J connectivity index is 3.67. The summed E-state index contributed by atoms with van der Waals surface area (Å²) in [6, 6.07) is 0. The van der Waals surface area contributed by atoms with Gasteiger partial charge in [-0.25, -0.2) is 0 Å². The summed E-state index contributed by atoms with van der Waals surface area (Å²) in [6.07, 6.45) is 6.44. The van der Waals surface area contributed by atoms with E-state index in [1.54, 1.807) is 6.92 Å². The van der Waals surface area contributed by atoms with E-state index in [0.717, 1.165) is 12.8 Å². The first-order valence-electron chi connectivity index (χ1n) is 4.99. The Bertz CT molecular complexity index is 235. The second kappa shape index (κ2) is 7.36. The van der Waals surface area contributed by atoms with Crippen LogP contribution in [0.1, 0.15) is 40.5 Å². The fraction of sp³-hybridized carbons (Fsp3) is 0.583. The first kappa shape index (κ1) is 12.9. The number of allylic oxidation sites excluding steroid dienone is 3. The molecule has 0 aliphatic carbocycles. The topological polar surface area (TPSA) is 33.1 Å². The average molecular weight is 195 g/mol. The van der Waals surface area contributed by atoms with Gasteiger partial charge in [0.2, 0.25) is 0 Å². The molecule has 0 aromatic rings. The van der Waals surface area contributed by atoms with Gasteiger partial charge in [-0.3, -0.25) is 5.41 Å². The van der Waals surface area contributed by atoms with E-state index in [2.05, 4.69) is 26.8 Å². The minimum Gasteiger partial charge on any atom is -0.477 e. The monoisotopic (exact) mass is 195 g/mol. The van der Waals surface area contributed by atoms with Crippen LogP contribution in [0.4, 0.5) is 0 Å². The van der Waals surface area contributed by atoms with E-state index in [9.17, 15) is 0 Å². The molecule has 1 N–H and O–H groups in total. The lowest BCUT2D eigenvalue weighted by Crippen LogP contribution is -1.97. The van der Waals surface area contributed by atoms with Crippen molar-refractivity contribution < 1.29 is 4.74 Å². The van der Waals surface area contributed by atoms with Crippen LogP contribution in [0.5, 0.6) is 0 Å². The summed E-state index contributed by atoms with van der Waals surface area (Å²) >= 11 is 0. The molecule has 0 unspecified atom stereocenters. The highest BCUT2D eigenvalue weighted by Crippen LogP contribution is 2.06. The van der Waals surface area contributed by atoms with Gasteiger partial charge >= 0.3 is 0 Å². The van der Waals surface area contributed by atoms with Crippen LogP contribution in [0.15, 0.2) is 23.3 Å². The van der Waals surface area contributed by atoms with Crippen LogP contribution < -0.4 is 0 Å². The molecule has 0 atom stereocenters. The van der Waals surface area contributed by atoms with Gasteiger partial charge in [0.05, 0.1) is 0 Å². The van der Waals surface area contributed by atoms with E-state index in [-0.39, 0.29) is 5.90 Å². The van der Waals surface area contributed by atoms with Gasteiger partial charge < -0.3 is 4.74 Å². The van der Waals surface area contributed by atoms with Gasteiger partial charge in [-0.1, -0.05) is 17.2 Å². The molecular formula is C12H21NO. The zero-order chi connectivity index (χ0) is 11.0. The van der Waals surface area contributed by atoms with E-state index in [0.29, 0.717) is 6.61 Å². The zero-order valence-electron chi connectivity index (χ0n) is 9.68. The predicted octanol–water partition coefficient (Wildman–Crippen LogP) is 3.69. The van der Waals surface area contributed by atoms with Crippen molar-refractivity contribution in [3.05, 3.63) is 23.3 Å². The third kappa shape index (κ3) is 9.04. The molecule has 0 aliphatic heterocycles. The van der Waals surface area contributed by atoms with E-state index < -0.39 is 0 Å². The molecule has 0 heterocycles. The number of nitrogens with one attached hydrogen (secondary N) is 1. The second-order valence-electron chi connectivity index (χ2n) is 3.74. The first-order chi connectivity index (χ1) is 6.52. The number of ether oxygens (including phenoxy) is 1. The summed E-state index contributed by atoms with van der Waals surface area (Å²) in [7, 11) is 0. The molecular weight excluding hydrogens is 174 g/mol. The molecule has 14 heavy (non-hydrogen) atoms. The highest BCUT2D eigenvalue weighted by atomic mass is 16.5. The van der Waals surface area contributed by atoms with E-state index in [1.807, 2.05) is 6.08 Å². The average Bonchev–Trinajstić information content (AvgIpc) is 2.02. The highest BCUT2D eigenvalue weighted by Gasteiger charge is 1.89. The minimum absolute atomic E-state index is 0.276. The molecule has 0 bridgehead atoms. The third-order valence-corrected chi connectivity index (χ3v) is 1.82. The molecule has 0 aromatic heterocycles. The quantitative estimate of drug-likeness (QED) is 0.405. The van der Waals surface area contributed by atoms with Gasteiger partial charge in [0, 0.05) is 6.92 Å². The van der Waals surface area contributed by atoms with Gasteiger partial charge in [0.25, 0.3) is 0 Å². The van der Waals surface area contributed by atoms with Gasteiger partial charge in [0.1, 0.15) is 6.61 Å². The van der Waals surface area contributed by atoms with Crippen molar-refractivity contribution in [2.75, 3.05) is 6.61 Å². The summed E-state index contributed by atoms with van der Waals surface area (Å²) in [4.78, 5) is 0. The van der Waals surface area contributed by atoms with Crippen LogP contribution in [-0.2, 0) is 4.74 Å². The number of hydrogen-bond acceptors (Lipinski definition) is 2. The van der Waals surface area contributed by atoms with Gasteiger partial charge in [-0.2, -0.15) is 0 Å². The summed E-state index contributed by atoms with van der Waals surface area (Å²) in [5, 5.41) is 7.07. The molecule has 0 radical (unpaired) electrons. The molecule has 0 aliphatic rings. The van der Waals surface area contributed by atoms with Crippen molar-refractivity contribution >= 4 is 5.90 Å². The van der Waals surface area contributed by atoms with E-state index in [1.165, 1.54) is 11.1 Å². The maximum Gasteiger partial charge on any atom is 0.177 e. The summed E-state index contributed by atoms with van der Waals surface area (Å²) in [5.41, 5.74) is 2.69. The van der Waals surface area contributed by atoms with Gasteiger partial charge in [0.15, 0.2) is 5.90 Å². The maximum atomic E-state index is 7.07. The Morgan fingerprint density at radius 1 is 1.14 bits per heavy atom. The van der Waals surface area contributed by atoms with Crippen molar-refractivity contribution in [2.24, 2.45) is 0 Å². The Morgan fingerprint density at radius 2 is 1.79 bits per heavy atom. The Kier molecular flexibility index (Phi) is 6.81. The lowest BCUT2D eigenvalue weighted by molar-refractivity contribution is 0.343. The highest BCUT2D eigenvalue weighted by molar-refractivity contribution is 5.69. The second-order valence-corrected chi connectivity index (χ2v) is 3.74. The van der Waals surface area contributed by atoms with Gasteiger partial charge in [-0.05, 0) is 39.7 Å². The molecule has 0 amide bonds. The summed E-state index contributed by atoms with van der Waals surface area (Å²) in [6.45, 7) is 8.49. The fourth-order valence-corrected chi connectivity index (χ4v) is 1.000. The van der Waals surface area contributed by atoms with Crippen LogP contribution >= 0.6 is 0 Å².